The number of anilines is 6. The van der Waals surface area contributed by atoms with E-state index in [1.807, 2.05) is 67.5 Å². The van der Waals surface area contributed by atoms with Crippen molar-refractivity contribution in [2.45, 2.75) is 131 Å². The van der Waals surface area contributed by atoms with E-state index in [2.05, 4.69) is 261 Å². The molecule has 0 bridgehead atoms. The van der Waals surface area contributed by atoms with Crippen LogP contribution in [0.2, 0.25) is 0 Å². The van der Waals surface area contributed by atoms with Gasteiger partial charge in [0.25, 0.3) is 0 Å². The van der Waals surface area contributed by atoms with Crippen molar-refractivity contribution in [2.24, 2.45) is 0 Å². The van der Waals surface area contributed by atoms with Gasteiger partial charge in [-0.25, -0.2) is 0 Å². The van der Waals surface area contributed by atoms with Gasteiger partial charge in [0.05, 0.1) is 33.6 Å². The van der Waals surface area contributed by atoms with Gasteiger partial charge in [-0.1, -0.05) is 148 Å². The molecule has 8 aromatic rings. The number of rotatable bonds is 10. The van der Waals surface area contributed by atoms with Crippen LogP contribution in [0.5, 0.6) is 0 Å². The van der Waals surface area contributed by atoms with E-state index in [9.17, 15) is 0 Å². The van der Waals surface area contributed by atoms with Crippen molar-refractivity contribution in [3.8, 4) is 22.3 Å². The summed E-state index contributed by atoms with van der Waals surface area (Å²) in [4.78, 5) is 4.56. The van der Waals surface area contributed by atoms with Gasteiger partial charge < -0.3 is 37.7 Å². The van der Waals surface area contributed by atoms with Crippen LogP contribution in [0.1, 0.15) is 94.2 Å². The maximum Gasteiger partial charge on any atom is 0.494 e. The number of nitrogens with zero attached hydrogens (tertiary/aromatic N) is 2. The largest absolute Gasteiger partial charge is 0.494 e. The Kier molecular flexibility index (Phi) is 17.1. The minimum absolute atomic E-state index is 0.356. The molecule has 12 heteroatoms. The van der Waals surface area contributed by atoms with Crippen LogP contribution in [-0.2, 0) is 27.9 Å². The number of hydrogen-bond acceptors (Lipinski definition) is 8. The standard InChI is InChI=1S/C31H32BNO2.C25H20BrN.C12H24B2O4/c1-23-11-17-27(18-12-23)33(28-19-13-25(14-20-28)24-9-7-6-8-10-24)29-21-15-26(16-22-29)32-34-30(2,3)31(4,5)35-32;1-19-7-13-23(14-8-19)27(25-17-11-22(26)12-18-25)24-15-9-21(10-16-24)20-5-3-2-4-6-20;1-9(2)10(3,4)16-13(15-9)14-17-11(5,6)12(7,8)18-14/h6-22H,1-5H3;2-18H,1H3;1-8H3. The monoisotopic (exact) mass is 1130 g/mol. The predicted octanol–water partition coefficient (Wildman–Crippen LogP) is 17.6. The number of halogens is 1. The molecule has 0 spiro atoms. The van der Waals surface area contributed by atoms with E-state index < -0.39 is 14.0 Å². The summed E-state index contributed by atoms with van der Waals surface area (Å²) in [5.74, 6) is 0. The van der Waals surface area contributed by atoms with E-state index in [0.717, 1.165) is 44.1 Å². The lowest BCUT2D eigenvalue weighted by atomic mass is 9.49. The maximum atomic E-state index is 6.25. The van der Waals surface area contributed by atoms with Gasteiger partial charge in [-0.2, -0.15) is 0 Å². The molecular weight excluding hydrogens is 1050 g/mol. The van der Waals surface area contributed by atoms with E-state index in [1.165, 1.54) is 33.4 Å². The van der Waals surface area contributed by atoms with Crippen LogP contribution in [0.25, 0.3) is 22.3 Å². The lowest BCUT2D eigenvalue weighted by molar-refractivity contribution is 0.00578. The summed E-state index contributed by atoms with van der Waals surface area (Å²) in [7, 11) is -1.32. The zero-order chi connectivity index (χ0) is 57.3. The molecule has 0 radical (unpaired) electrons. The summed E-state index contributed by atoms with van der Waals surface area (Å²) < 4.78 is 37.4. The van der Waals surface area contributed by atoms with Crippen molar-refractivity contribution in [3.63, 3.8) is 0 Å². The first-order valence-electron chi connectivity index (χ1n) is 27.8. The fourth-order valence-corrected chi connectivity index (χ4v) is 9.76. The van der Waals surface area contributed by atoms with Gasteiger partial charge >= 0.3 is 21.1 Å². The Morgan fingerprint density at radius 1 is 0.287 bits per heavy atom. The minimum atomic E-state index is -0.476. The smallest absolute Gasteiger partial charge is 0.405 e. The molecule has 0 unspecified atom stereocenters. The Labute approximate surface area is 486 Å². The first kappa shape index (κ1) is 58.4. The van der Waals surface area contributed by atoms with Gasteiger partial charge in [-0.15, -0.1) is 0 Å². The van der Waals surface area contributed by atoms with Crippen molar-refractivity contribution >= 4 is 76.7 Å². The van der Waals surface area contributed by atoms with Gasteiger partial charge in [-0.05, 0) is 210 Å². The second kappa shape index (κ2) is 23.3. The van der Waals surface area contributed by atoms with Crippen molar-refractivity contribution in [3.05, 3.63) is 222 Å². The van der Waals surface area contributed by atoms with Crippen LogP contribution in [0.3, 0.4) is 0 Å². The van der Waals surface area contributed by atoms with Crippen molar-refractivity contribution in [2.75, 3.05) is 9.80 Å². The quantitative estimate of drug-likeness (QED) is 0.126. The summed E-state index contributed by atoms with van der Waals surface area (Å²) in [5.41, 5.74) is 13.0. The van der Waals surface area contributed by atoms with Crippen LogP contribution in [0.15, 0.2) is 211 Å². The molecule has 410 valence electrons. The molecule has 3 fully saturated rings. The number of hydrogen-bond donors (Lipinski definition) is 0. The zero-order valence-corrected chi connectivity index (χ0v) is 50.7. The first-order valence-corrected chi connectivity index (χ1v) is 28.6. The molecule has 0 aromatic heterocycles. The third-order valence-electron chi connectivity index (χ3n) is 16.6. The summed E-state index contributed by atoms with van der Waals surface area (Å²) in [6.07, 6.45) is 0. The molecule has 0 N–H and O–H groups in total. The molecule has 3 saturated heterocycles. The van der Waals surface area contributed by atoms with E-state index in [0.29, 0.717) is 0 Å². The fraction of sp³-hybridized carbons (Fsp3) is 0.294. The zero-order valence-electron chi connectivity index (χ0n) is 49.1. The van der Waals surface area contributed by atoms with E-state index in [1.54, 1.807) is 0 Å². The minimum Gasteiger partial charge on any atom is -0.405 e. The first-order chi connectivity index (χ1) is 37.8. The molecule has 3 aliphatic heterocycles. The molecule has 0 aliphatic carbocycles. The highest BCUT2D eigenvalue weighted by atomic mass is 79.9. The van der Waals surface area contributed by atoms with Crippen LogP contribution >= 0.6 is 15.9 Å². The third-order valence-corrected chi connectivity index (χ3v) is 17.1. The second-order valence-electron chi connectivity index (χ2n) is 24.1. The average Bonchev–Trinajstić information content (AvgIpc) is 3.98. The Morgan fingerprint density at radius 2 is 0.525 bits per heavy atom. The predicted molar refractivity (Wildman–Crippen MR) is 338 cm³/mol. The molecule has 0 amide bonds. The Balaban J connectivity index is 0.000000153. The van der Waals surface area contributed by atoms with E-state index in [4.69, 9.17) is 27.9 Å². The second-order valence-corrected chi connectivity index (χ2v) is 25.0. The molecule has 8 nitrogen and oxygen atoms in total. The SMILES string of the molecule is CC1(C)OB(B2OC(C)(C)C(C)(C)O2)OC1(C)C.Cc1ccc(N(c2ccc(B3OC(C)(C)C(C)(C)O3)cc2)c2ccc(-c3ccccc3)cc2)cc1.Cc1ccc(N(c2ccc(Br)cc2)c2ccc(-c3ccccc3)cc2)cc1. The molecule has 8 aromatic carbocycles. The molecule has 3 aliphatic rings. The molecule has 80 heavy (non-hydrogen) atoms. The van der Waals surface area contributed by atoms with Crippen LogP contribution in [0, 0.1) is 13.8 Å². The summed E-state index contributed by atoms with van der Waals surface area (Å²) in [6.45, 7) is 28.8. The summed E-state index contributed by atoms with van der Waals surface area (Å²) in [5, 5.41) is 0. The third kappa shape index (κ3) is 12.9. The number of benzene rings is 8. The van der Waals surface area contributed by atoms with E-state index in [-0.39, 0.29) is 40.7 Å². The summed E-state index contributed by atoms with van der Waals surface area (Å²) in [6, 6.07) is 72.6. The molecule has 11 rings (SSSR count). The molecular formula is C68H76B3BrN2O6. The fourth-order valence-electron chi connectivity index (χ4n) is 9.50. The Morgan fingerprint density at radius 3 is 0.825 bits per heavy atom. The molecule has 3 heterocycles. The van der Waals surface area contributed by atoms with Crippen LogP contribution in [-0.4, -0.2) is 54.7 Å². The van der Waals surface area contributed by atoms with Crippen LogP contribution < -0.4 is 15.3 Å². The Bertz CT molecular complexity index is 3180. The molecule has 0 atom stereocenters. The van der Waals surface area contributed by atoms with Gasteiger partial charge in [0.1, 0.15) is 0 Å². The lowest BCUT2D eigenvalue weighted by Gasteiger charge is -2.32. The summed E-state index contributed by atoms with van der Waals surface area (Å²) >= 11 is 3.53. The lowest BCUT2D eigenvalue weighted by Crippen LogP contribution is -2.41. The topological polar surface area (TPSA) is 61.9 Å². The highest BCUT2D eigenvalue weighted by Gasteiger charge is 2.63. The van der Waals surface area contributed by atoms with Gasteiger partial charge in [-0.3, -0.25) is 0 Å². The van der Waals surface area contributed by atoms with Crippen molar-refractivity contribution in [1.82, 2.24) is 0 Å². The molecule has 0 saturated carbocycles. The highest BCUT2D eigenvalue weighted by molar-refractivity contribution is 9.10. The Hall–Kier alpha value is -6.21. The van der Waals surface area contributed by atoms with Gasteiger partial charge in [0.2, 0.25) is 0 Å². The van der Waals surface area contributed by atoms with Crippen molar-refractivity contribution < 1.29 is 27.9 Å². The normalized spacial score (nSPS) is 17.9. The maximum absolute atomic E-state index is 6.25. The van der Waals surface area contributed by atoms with Crippen LogP contribution in [0.4, 0.5) is 34.1 Å². The van der Waals surface area contributed by atoms with Gasteiger partial charge in [0.15, 0.2) is 0 Å². The highest BCUT2D eigenvalue weighted by Crippen LogP contribution is 2.44. The van der Waals surface area contributed by atoms with E-state index >= 15 is 0 Å². The van der Waals surface area contributed by atoms with Crippen molar-refractivity contribution in [1.29, 1.82) is 0 Å². The average molecular weight is 1130 g/mol. The van der Waals surface area contributed by atoms with Gasteiger partial charge in [0, 0.05) is 38.6 Å². The number of aryl methyl sites for hydroxylation is 2.